The topological polar surface area (TPSA) is 101 Å². The highest BCUT2D eigenvalue weighted by atomic mass is 35.5. The van der Waals surface area contributed by atoms with E-state index < -0.39 is 15.6 Å². The van der Waals surface area contributed by atoms with E-state index in [0.717, 1.165) is 19.1 Å². The number of amides is 1. The fourth-order valence-corrected chi connectivity index (χ4v) is 2.65. The van der Waals surface area contributed by atoms with Crippen LogP contribution < -0.4 is 15.8 Å². The molecule has 0 heterocycles. The molecule has 8 heteroatoms. The number of sulfonamides is 1. The highest BCUT2D eigenvalue weighted by Gasteiger charge is 2.33. The minimum Gasteiger partial charge on any atom is -0.353 e. The fourth-order valence-electron chi connectivity index (χ4n) is 1.63. The van der Waals surface area contributed by atoms with Crippen LogP contribution in [-0.2, 0) is 14.8 Å². The number of nitrogens with one attached hydrogen (secondary N) is 2. The number of carbonyl (C=O) groups is 1. The molecule has 1 atom stereocenters. The summed E-state index contributed by atoms with van der Waals surface area (Å²) in [4.78, 5) is 11.8. The molecule has 0 radical (unpaired) electrons. The van der Waals surface area contributed by atoms with Gasteiger partial charge in [-0.05, 0) is 32.6 Å². The Balaban J connectivity index is 0.00000289. The van der Waals surface area contributed by atoms with Gasteiger partial charge in [0.1, 0.15) is 5.54 Å². The van der Waals surface area contributed by atoms with Gasteiger partial charge in [-0.2, -0.15) is 0 Å². The van der Waals surface area contributed by atoms with Crippen molar-refractivity contribution in [2.24, 2.45) is 11.7 Å². The van der Waals surface area contributed by atoms with Crippen LogP contribution >= 0.6 is 12.4 Å². The van der Waals surface area contributed by atoms with Crippen molar-refractivity contribution in [2.45, 2.75) is 38.3 Å². The summed E-state index contributed by atoms with van der Waals surface area (Å²) in [6.45, 7) is 3.43. The van der Waals surface area contributed by atoms with E-state index >= 15 is 0 Å². The third-order valence-electron chi connectivity index (χ3n) is 2.73. The van der Waals surface area contributed by atoms with Crippen LogP contribution in [0.3, 0.4) is 0 Å². The molecular formula is C10H22ClN3O3S. The highest BCUT2D eigenvalue weighted by Crippen LogP contribution is 2.31. The molecule has 1 aliphatic rings. The normalized spacial score (nSPS) is 17.8. The van der Waals surface area contributed by atoms with E-state index in [1.165, 1.54) is 13.8 Å². The van der Waals surface area contributed by atoms with Crippen LogP contribution in [0, 0.1) is 5.92 Å². The minimum atomic E-state index is -3.41. The van der Waals surface area contributed by atoms with Crippen molar-refractivity contribution in [3.63, 3.8) is 0 Å². The second-order valence-corrected chi connectivity index (χ2v) is 6.96. The second-order valence-electron chi connectivity index (χ2n) is 5.21. The molecule has 0 aromatic rings. The Morgan fingerprint density at radius 3 is 2.33 bits per heavy atom. The first-order chi connectivity index (χ1) is 7.62. The van der Waals surface area contributed by atoms with E-state index in [0.29, 0.717) is 12.5 Å². The van der Waals surface area contributed by atoms with Gasteiger partial charge in [0.15, 0.2) is 0 Å². The number of nitrogens with two attached hydrogens (primary N) is 1. The van der Waals surface area contributed by atoms with Crippen molar-refractivity contribution in [1.29, 1.82) is 0 Å². The maximum atomic E-state index is 11.8. The molecule has 0 aromatic heterocycles. The summed E-state index contributed by atoms with van der Waals surface area (Å²) in [5, 5.41) is 2.68. The lowest BCUT2D eigenvalue weighted by molar-refractivity contribution is -0.125. The Morgan fingerprint density at radius 1 is 1.44 bits per heavy atom. The fraction of sp³-hybridized carbons (Fsp3) is 0.900. The molecule has 0 spiro atoms. The zero-order chi connectivity index (χ0) is 13.3. The van der Waals surface area contributed by atoms with Crippen molar-refractivity contribution in [2.75, 3.05) is 12.8 Å². The van der Waals surface area contributed by atoms with Crippen LogP contribution in [0.15, 0.2) is 0 Å². The number of hydrogen-bond donors (Lipinski definition) is 3. The summed E-state index contributed by atoms with van der Waals surface area (Å²) in [7, 11) is -3.41. The van der Waals surface area contributed by atoms with E-state index in [9.17, 15) is 13.2 Å². The van der Waals surface area contributed by atoms with Crippen LogP contribution in [0.5, 0.6) is 0 Å². The van der Waals surface area contributed by atoms with Crippen LogP contribution in [0.2, 0.25) is 0 Å². The average molecular weight is 300 g/mol. The Labute approximate surface area is 115 Å². The van der Waals surface area contributed by atoms with Crippen molar-refractivity contribution in [3.05, 3.63) is 0 Å². The molecule has 1 amide bonds. The van der Waals surface area contributed by atoms with Gasteiger partial charge in [-0.3, -0.25) is 4.79 Å². The van der Waals surface area contributed by atoms with Gasteiger partial charge < -0.3 is 11.1 Å². The molecule has 108 valence electrons. The maximum Gasteiger partial charge on any atom is 0.240 e. The summed E-state index contributed by atoms with van der Waals surface area (Å²) in [6, 6.07) is -0.0343. The van der Waals surface area contributed by atoms with Crippen molar-refractivity contribution < 1.29 is 13.2 Å². The Kier molecular flexibility index (Phi) is 6.06. The first kappa shape index (κ1) is 17.6. The molecule has 1 unspecified atom stereocenters. The van der Waals surface area contributed by atoms with E-state index in [1.54, 1.807) is 0 Å². The first-order valence-electron chi connectivity index (χ1n) is 5.64. The molecule has 0 aliphatic heterocycles. The van der Waals surface area contributed by atoms with Gasteiger partial charge in [0.25, 0.3) is 0 Å². The standard InChI is InChI=1S/C10H21N3O3S.ClH/c1-10(2,13-17(3,15)16)9(14)12-6-8(11)7-4-5-7;/h7-8,13H,4-6,11H2,1-3H3,(H,12,14);1H. The smallest absolute Gasteiger partial charge is 0.240 e. The van der Waals surface area contributed by atoms with Gasteiger partial charge in [0.05, 0.1) is 6.26 Å². The molecule has 4 N–H and O–H groups in total. The molecule has 0 saturated heterocycles. The molecular weight excluding hydrogens is 278 g/mol. The zero-order valence-corrected chi connectivity index (χ0v) is 12.5. The SMILES string of the molecule is CC(C)(NS(C)(=O)=O)C(=O)NCC(N)C1CC1.Cl. The minimum absolute atomic E-state index is 0. The van der Waals surface area contributed by atoms with E-state index in [2.05, 4.69) is 10.0 Å². The van der Waals surface area contributed by atoms with Crippen LogP contribution in [0.1, 0.15) is 26.7 Å². The quantitative estimate of drug-likeness (QED) is 0.620. The van der Waals surface area contributed by atoms with Gasteiger partial charge in [-0.1, -0.05) is 0 Å². The molecule has 1 fully saturated rings. The van der Waals surface area contributed by atoms with Gasteiger partial charge in [-0.25, -0.2) is 13.1 Å². The van der Waals surface area contributed by atoms with E-state index in [4.69, 9.17) is 5.73 Å². The predicted molar refractivity (Wildman–Crippen MR) is 73.0 cm³/mol. The highest BCUT2D eigenvalue weighted by molar-refractivity contribution is 7.88. The molecule has 0 bridgehead atoms. The predicted octanol–water partition coefficient (Wildman–Crippen LogP) is -0.410. The molecule has 1 saturated carbocycles. The number of hydrogen-bond acceptors (Lipinski definition) is 4. The Morgan fingerprint density at radius 2 is 1.94 bits per heavy atom. The summed E-state index contributed by atoms with van der Waals surface area (Å²) < 4.78 is 24.5. The second kappa shape index (κ2) is 6.18. The van der Waals surface area contributed by atoms with Crippen LogP contribution in [0.25, 0.3) is 0 Å². The summed E-state index contributed by atoms with van der Waals surface area (Å²) >= 11 is 0. The lowest BCUT2D eigenvalue weighted by Crippen LogP contribution is -2.56. The monoisotopic (exact) mass is 299 g/mol. The zero-order valence-electron chi connectivity index (χ0n) is 10.9. The molecule has 1 rings (SSSR count). The molecule has 6 nitrogen and oxygen atoms in total. The average Bonchev–Trinajstić information content (AvgIpc) is 2.92. The van der Waals surface area contributed by atoms with Gasteiger partial charge >= 0.3 is 0 Å². The van der Waals surface area contributed by atoms with Crippen LogP contribution in [0.4, 0.5) is 0 Å². The van der Waals surface area contributed by atoms with Crippen LogP contribution in [-0.4, -0.2) is 38.7 Å². The van der Waals surface area contributed by atoms with Gasteiger partial charge in [0, 0.05) is 12.6 Å². The van der Waals surface area contributed by atoms with Gasteiger partial charge in [0.2, 0.25) is 15.9 Å². The molecule has 1 aliphatic carbocycles. The maximum absolute atomic E-state index is 11.8. The van der Waals surface area contributed by atoms with Gasteiger partial charge in [-0.15, -0.1) is 12.4 Å². The van der Waals surface area contributed by atoms with Crippen molar-refractivity contribution in [3.8, 4) is 0 Å². The van der Waals surface area contributed by atoms with Crippen molar-refractivity contribution >= 4 is 28.3 Å². The molecule has 18 heavy (non-hydrogen) atoms. The lowest BCUT2D eigenvalue weighted by atomic mass is 10.1. The Hall–Kier alpha value is -0.370. The third-order valence-corrected chi connectivity index (χ3v) is 3.62. The summed E-state index contributed by atoms with van der Waals surface area (Å²) in [6.07, 6.45) is 3.25. The lowest BCUT2D eigenvalue weighted by Gasteiger charge is -2.24. The molecule has 0 aromatic carbocycles. The number of rotatable bonds is 6. The summed E-state index contributed by atoms with van der Waals surface area (Å²) in [5.41, 5.74) is 4.69. The van der Waals surface area contributed by atoms with E-state index in [-0.39, 0.29) is 24.4 Å². The number of halogens is 1. The van der Waals surface area contributed by atoms with E-state index in [1.807, 2.05) is 0 Å². The largest absolute Gasteiger partial charge is 0.353 e. The Bertz CT molecular complexity index is 393. The van der Waals surface area contributed by atoms with Crippen molar-refractivity contribution in [1.82, 2.24) is 10.0 Å². The number of carbonyl (C=O) groups excluding carboxylic acids is 1. The summed E-state index contributed by atoms with van der Waals surface area (Å²) in [5.74, 6) is 0.139. The third kappa shape index (κ3) is 5.99. The first-order valence-corrected chi connectivity index (χ1v) is 7.54.